The molecule has 0 saturated heterocycles. The molecule has 0 atom stereocenters. The second kappa shape index (κ2) is 8.42. The van der Waals surface area contributed by atoms with Crippen molar-refractivity contribution in [1.29, 1.82) is 0 Å². The van der Waals surface area contributed by atoms with E-state index in [1.807, 2.05) is 25.1 Å². The van der Waals surface area contributed by atoms with E-state index in [1.54, 1.807) is 32.4 Å². The monoisotopic (exact) mass is 343 g/mol. The molecule has 2 rings (SSSR count). The van der Waals surface area contributed by atoms with Crippen molar-refractivity contribution in [2.45, 2.75) is 20.8 Å². The lowest BCUT2D eigenvalue weighted by Gasteiger charge is -2.14. The molecule has 0 aliphatic heterocycles. The molecule has 2 aromatic carbocycles. The maximum Gasteiger partial charge on any atom is 0.255 e. The van der Waals surface area contributed by atoms with Gasteiger partial charge in [0.1, 0.15) is 5.75 Å². The summed E-state index contributed by atoms with van der Waals surface area (Å²) in [4.78, 5) is 12.6. The molecule has 0 bridgehead atoms. The first-order chi connectivity index (χ1) is 11.9. The Morgan fingerprint density at radius 3 is 2.40 bits per heavy atom. The molecule has 0 aliphatic rings. The molecule has 0 heterocycles. The van der Waals surface area contributed by atoms with E-state index in [0.717, 1.165) is 5.56 Å². The highest BCUT2D eigenvalue weighted by atomic mass is 16.5. The standard InChI is InChI=1S/C20H25NO4/c1-13(2)12-25-16-8-6-7-15(10-16)20(22)21-17-11-19(24-5)18(23-4)9-14(17)3/h6-11,13H,12H2,1-5H3,(H,21,22). The summed E-state index contributed by atoms with van der Waals surface area (Å²) in [6, 6.07) is 10.7. The molecule has 1 N–H and O–H groups in total. The number of carbonyl (C=O) groups excluding carboxylic acids is 1. The number of methoxy groups -OCH3 is 2. The van der Waals surface area contributed by atoms with Crippen molar-refractivity contribution in [2.75, 3.05) is 26.1 Å². The summed E-state index contributed by atoms with van der Waals surface area (Å²) in [6.45, 7) is 6.67. The lowest BCUT2D eigenvalue weighted by atomic mass is 10.1. The number of ether oxygens (including phenoxy) is 3. The highest BCUT2D eigenvalue weighted by Crippen LogP contribution is 2.33. The van der Waals surface area contributed by atoms with Gasteiger partial charge in [-0.15, -0.1) is 0 Å². The summed E-state index contributed by atoms with van der Waals surface area (Å²) >= 11 is 0. The number of hydrogen-bond donors (Lipinski definition) is 1. The van der Waals surface area contributed by atoms with Crippen molar-refractivity contribution >= 4 is 11.6 Å². The zero-order valence-corrected chi connectivity index (χ0v) is 15.4. The highest BCUT2D eigenvalue weighted by molar-refractivity contribution is 6.05. The Bertz CT molecular complexity index is 740. The number of rotatable bonds is 7. The van der Waals surface area contributed by atoms with Crippen LogP contribution in [-0.4, -0.2) is 26.7 Å². The normalized spacial score (nSPS) is 10.5. The molecule has 2 aromatic rings. The number of carbonyl (C=O) groups is 1. The van der Waals surface area contributed by atoms with Gasteiger partial charge >= 0.3 is 0 Å². The van der Waals surface area contributed by atoms with E-state index >= 15 is 0 Å². The van der Waals surface area contributed by atoms with E-state index in [9.17, 15) is 4.79 Å². The second-order valence-electron chi connectivity index (χ2n) is 6.21. The first kappa shape index (κ1) is 18.6. The van der Waals surface area contributed by atoms with Crippen LogP contribution in [0, 0.1) is 12.8 Å². The molecule has 0 aliphatic carbocycles. The topological polar surface area (TPSA) is 56.8 Å². The Balaban J connectivity index is 2.18. The van der Waals surface area contributed by atoms with Gasteiger partial charge < -0.3 is 19.5 Å². The molecule has 0 spiro atoms. The van der Waals surface area contributed by atoms with E-state index in [1.165, 1.54) is 0 Å². The fourth-order valence-corrected chi connectivity index (χ4v) is 2.30. The molecule has 1 amide bonds. The fourth-order valence-electron chi connectivity index (χ4n) is 2.30. The number of hydrogen-bond acceptors (Lipinski definition) is 4. The largest absolute Gasteiger partial charge is 0.493 e. The predicted octanol–water partition coefficient (Wildman–Crippen LogP) is 4.30. The van der Waals surface area contributed by atoms with Crippen LogP contribution >= 0.6 is 0 Å². The predicted molar refractivity (Wildman–Crippen MR) is 99.0 cm³/mol. The van der Waals surface area contributed by atoms with Crippen LogP contribution in [0.25, 0.3) is 0 Å². The third-order valence-electron chi connectivity index (χ3n) is 3.66. The summed E-state index contributed by atoms with van der Waals surface area (Å²) in [5.41, 5.74) is 2.10. The average Bonchev–Trinajstić information content (AvgIpc) is 2.61. The number of anilines is 1. The van der Waals surface area contributed by atoms with Crippen molar-refractivity contribution in [3.05, 3.63) is 47.5 Å². The van der Waals surface area contributed by atoms with Crippen LogP contribution < -0.4 is 19.5 Å². The quantitative estimate of drug-likeness (QED) is 0.814. The Hall–Kier alpha value is -2.69. The molecule has 5 heteroatoms. The Labute approximate surface area is 148 Å². The molecular weight excluding hydrogens is 318 g/mol. The van der Waals surface area contributed by atoms with Gasteiger partial charge in [-0.25, -0.2) is 0 Å². The van der Waals surface area contributed by atoms with Gasteiger partial charge in [0, 0.05) is 17.3 Å². The summed E-state index contributed by atoms with van der Waals surface area (Å²) in [5.74, 6) is 2.10. The van der Waals surface area contributed by atoms with E-state index in [-0.39, 0.29) is 5.91 Å². The maximum atomic E-state index is 12.6. The van der Waals surface area contributed by atoms with Gasteiger partial charge in [-0.05, 0) is 42.7 Å². The number of benzene rings is 2. The van der Waals surface area contributed by atoms with Crippen molar-refractivity contribution in [3.63, 3.8) is 0 Å². The molecule has 25 heavy (non-hydrogen) atoms. The Morgan fingerprint density at radius 2 is 1.76 bits per heavy atom. The summed E-state index contributed by atoms with van der Waals surface area (Å²) in [6.07, 6.45) is 0. The van der Waals surface area contributed by atoms with Crippen LogP contribution in [0.1, 0.15) is 29.8 Å². The molecule has 0 saturated carbocycles. The van der Waals surface area contributed by atoms with Crippen LogP contribution in [0.3, 0.4) is 0 Å². The van der Waals surface area contributed by atoms with Gasteiger partial charge in [0.25, 0.3) is 5.91 Å². The van der Waals surface area contributed by atoms with Crippen molar-refractivity contribution in [3.8, 4) is 17.2 Å². The van der Waals surface area contributed by atoms with Crippen LogP contribution in [0.4, 0.5) is 5.69 Å². The summed E-state index contributed by atoms with van der Waals surface area (Å²) in [5, 5.41) is 2.91. The van der Waals surface area contributed by atoms with E-state index in [4.69, 9.17) is 14.2 Å². The molecule has 0 fully saturated rings. The van der Waals surface area contributed by atoms with Crippen molar-refractivity contribution in [2.24, 2.45) is 5.92 Å². The minimum absolute atomic E-state index is 0.203. The molecule has 5 nitrogen and oxygen atoms in total. The number of aryl methyl sites for hydroxylation is 1. The van der Waals surface area contributed by atoms with Gasteiger partial charge in [0.2, 0.25) is 0 Å². The lowest BCUT2D eigenvalue weighted by molar-refractivity contribution is 0.102. The molecule has 134 valence electrons. The van der Waals surface area contributed by atoms with Crippen LogP contribution in [0.15, 0.2) is 36.4 Å². The van der Waals surface area contributed by atoms with E-state index in [2.05, 4.69) is 19.2 Å². The number of nitrogens with one attached hydrogen (secondary N) is 1. The van der Waals surface area contributed by atoms with Gasteiger partial charge in [-0.1, -0.05) is 19.9 Å². The molecule has 0 aromatic heterocycles. The first-order valence-corrected chi connectivity index (χ1v) is 8.21. The molecule has 0 unspecified atom stereocenters. The zero-order valence-electron chi connectivity index (χ0n) is 15.4. The summed E-state index contributed by atoms with van der Waals surface area (Å²) in [7, 11) is 3.15. The zero-order chi connectivity index (χ0) is 18.4. The fraction of sp³-hybridized carbons (Fsp3) is 0.350. The minimum atomic E-state index is -0.203. The SMILES string of the molecule is COc1cc(C)c(NC(=O)c2cccc(OCC(C)C)c2)cc1OC. The third-order valence-corrected chi connectivity index (χ3v) is 3.66. The van der Waals surface area contributed by atoms with E-state index < -0.39 is 0 Å². The van der Waals surface area contributed by atoms with Crippen LogP contribution in [-0.2, 0) is 0 Å². The van der Waals surface area contributed by atoms with Crippen molar-refractivity contribution < 1.29 is 19.0 Å². The van der Waals surface area contributed by atoms with Gasteiger partial charge in [0.05, 0.1) is 20.8 Å². The molecule has 0 radical (unpaired) electrons. The Kier molecular flexibility index (Phi) is 6.28. The minimum Gasteiger partial charge on any atom is -0.493 e. The van der Waals surface area contributed by atoms with E-state index in [0.29, 0.717) is 41.0 Å². The third kappa shape index (κ3) is 4.89. The lowest BCUT2D eigenvalue weighted by Crippen LogP contribution is -2.13. The van der Waals surface area contributed by atoms with Crippen LogP contribution in [0.5, 0.6) is 17.2 Å². The average molecular weight is 343 g/mol. The van der Waals surface area contributed by atoms with Gasteiger partial charge in [-0.2, -0.15) is 0 Å². The van der Waals surface area contributed by atoms with Gasteiger partial charge in [0.15, 0.2) is 11.5 Å². The maximum absolute atomic E-state index is 12.6. The number of amides is 1. The molecular formula is C20H25NO4. The van der Waals surface area contributed by atoms with Gasteiger partial charge in [-0.3, -0.25) is 4.79 Å². The smallest absolute Gasteiger partial charge is 0.255 e. The highest BCUT2D eigenvalue weighted by Gasteiger charge is 2.13. The first-order valence-electron chi connectivity index (χ1n) is 8.21. The summed E-state index contributed by atoms with van der Waals surface area (Å²) < 4.78 is 16.2. The second-order valence-corrected chi connectivity index (χ2v) is 6.21. The Morgan fingerprint density at radius 1 is 1.08 bits per heavy atom. The van der Waals surface area contributed by atoms with Crippen molar-refractivity contribution in [1.82, 2.24) is 0 Å². The van der Waals surface area contributed by atoms with Crippen LogP contribution in [0.2, 0.25) is 0 Å².